The van der Waals surface area contributed by atoms with Crippen LogP contribution in [0.25, 0.3) is 10.9 Å². The Morgan fingerprint density at radius 2 is 2.00 bits per heavy atom. The molecule has 82 valence electrons. The van der Waals surface area contributed by atoms with Crippen molar-refractivity contribution in [1.29, 1.82) is 0 Å². The van der Waals surface area contributed by atoms with Gasteiger partial charge in [-0.3, -0.25) is 0 Å². The van der Waals surface area contributed by atoms with Gasteiger partial charge in [-0.05, 0) is 37.3 Å². The van der Waals surface area contributed by atoms with Crippen molar-refractivity contribution in [2.24, 2.45) is 0 Å². The van der Waals surface area contributed by atoms with Crippen LogP contribution in [0.15, 0.2) is 36.9 Å². The van der Waals surface area contributed by atoms with Crippen molar-refractivity contribution in [2.75, 3.05) is 0 Å². The summed E-state index contributed by atoms with van der Waals surface area (Å²) in [6.07, 6.45) is 7.16. The zero-order valence-electron chi connectivity index (χ0n) is 9.58. The van der Waals surface area contributed by atoms with Crippen LogP contribution in [-0.4, -0.2) is 4.57 Å². The van der Waals surface area contributed by atoms with Gasteiger partial charge in [-0.1, -0.05) is 24.3 Å². The highest BCUT2D eigenvalue weighted by Crippen LogP contribution is 2.31. The van der Waals surface area contributed by atoms with Crippen molar-refractivity contribution >= 4 is 10.9 Å². The van der Waals surface area contributed by atoms with Crippen molar-refractivity contribution in [3.63, 3.8) is 0 Å². The van der Waals surface area contributed by atoms with Gasteiger partial charge in [0.05, 0.1) is 0 Å². The summed E-state index contributed by atoms with van der Waals surface area (Å²) in [7, 11) is 0. The zero-order chi connectivity index (χ0) is 11.0. The van der Waals surface area contributed by atoms with E-state index in [9.17, 15) is 0 Å². The summed E-state index contributed by atoms with van der Waals surface area (Å²) in [6, 6.07) is 8.78. The Balaban J connectivity index is 2.32. The van der Waals surface area contributed by atoms with E-state index in [2.05, 4.69) is 35.4 Å². The molecule has 0 amide bonds. The van der Waals surface area contributed by atoms with Crippen LogP contribution in [0.5, 0.6) is 0 Å². The van der Waals surface area contributed by atoms with Crippen LogP contribution in [-0.2, 0) is 19.4 Å². The molecule has 3 rings (SSSR count). The molecule has 2 aromatic rings. The lowest BCUT2D eigenvalue weighted by Crippen LogP contribution is -2.07. The van der Waals surface area contributed by atoms with Crippen molar-refractivity contribution in [3.8, 4) is 0 Å². The molecule has 0 atom stereocenters. The summed E-state index contributed by atoms with van der Waals surface area (Å²) in [6.45, 7) is 4.81. The fourth-order valence-corrected chi connectivity index (χ4v) is 2.92. The topological polar surface area (TPSA) is 4.93 Å². The number of benzene rings is 1. The number of para-hydroxylation sites is 1. The van der Waals surface area contributed by atoms with Gasteiger partial charge in [0.15, 0.2) is 0 Å². The molecule has 1 aromatic carbocycles. The molecule has 1 heterocycles. The van der Waals surface area contributed by atoms with E-state index in [1.165, 1.54) is 36.6 Å². The van der Waals surface area contributed by atoms with Gasteiger partial charge < -0.3 is 4.57 Å². The molecule has 0 fully saturated rings. The number of fused-ring (bicyclic) bond motifs is 3. The third kappa shape index (κ3) is 1.31. The molecule has 0 unspecified atom stereocenters. The Kier molecular flexibility index (Phi) is 2.32. The molecule has 0 N–H and O–H groups in total. The molecular weight excluding hydrogens is 194 g/mol. The van der Waals surface area contributed by atoms with Crippen molar-refractivity contribution < 1.29 is 0 Å². The van der Waals surface area contributed by atoms with E-state index >= 15 is 0 Å². The van der Waals surface area contributed by atoms with Crippen LogP contribution < -0.4 is 0 Å². The maximum Gasteiger partial charge on any atom is 0.0488 e. The number of allylic oxidation sites excluding steroid dienone is 1. The standard InChI is InChI=1S/C15H17N/c1-2-11-16-14-9-5-3-7-12(14)13-8-4-6-10-15(13)16/h2-3,5,7,9H,1,4,6,8,10-11H2. The molecule has 0 radical (unpaired) electrons. The van der Waals surface area contributed by atoms with E-state index < -0.39 is 0 Å². The van der Waals surface area contributed by atoms with Crippen molar-refractivity contribution in [2.45, 2.75) is 32.2 Å². The average molecular weight is 211 g/mol. The van der Waals surface area contributed by atoms with Crippen LogP contribution in [0.1, 0.15) is 24.1 Å². The summed E-state index contributed by atoms with van der Waals surface area (Å²) in [5, 5.41) is 1.46. The zero-order valence-corrected chi connectivity index (χ0v) is 9.58. The highest BCUT2D eigenvalue weighted by atomic mass is 15.0. The Morgan fingerprint density at radius 1 is 1.19 bits per heavy atom. The van der Waals surface area contributed by atoms with Gasteiger partial charge in [0, 0.05) is 23.1 Å². The van der Waals surface area contributed by atoms with E-state index in [1.807, 2.05) is 6.08 Å². The Bertz CT molecular complexity index is 534. The minimum absolute atomic E-state index is 0.940. The second kappa shape index (κ2) is 3.82. The van der Waals surface area contributed by atoms with Gasteiger partial charge in [-0.15, -0.1) is 6.58 Å². The average Bonchev–Trinajstić information content (AvgIpc) is 2.66. The number of hydrogen-bond acceptors (Lipinski definition) is 0. The first-order valence-corrected chi connectivity index (χ1v) is 6.11. The van der Waals surface area contributed by atoms with Crippen LogP contribution in [0, 0.1) is 0 Å². The van der Waals surface area contributed by atoms with Crippen molar-refractivity contribution in [1.82, 2.24) is 4.57 Å². The summed E-state index contributed by atoms with van der Waals surface area (Å²) < 4.78 is 2.44. The Hall–Kier alpha value is -1.50. The molecule has 0 aliphatic heterocycles. The van der Waals surface area contributed by atoms with Gasteiger partial charge in [0.25, 0.3) is 0 Å². The molecule has 1 heteroatoms. The van der Waals surface area contributed by atoms with Crippen LogP contribution in [0.2, 0.25) is 0 Å². The fraction of sp³-hybridized carbons (Fsp3) is 0.333. The van der Waals surface area contributed by atoms with Crippen LogP contribution >= 0.6 is 0 Å². The predicted molar refractivity (Wildman–Crippen MR) is 68.8 cm³/mol. The first-order chi connectivity index (χ1) is 7.92. The molecule has 1 aliphatic rings. The molecule has 0 saturated heterocycles. The van der Waals surface area contributed by atoms with Gasteiger partial charge in [-0.25, -0.2) is 0 Å². The summed E-state index contributed by atoms with van der Waals surface area (Å²) in [5.74, 6) is 0. The van der Waals surface area contributed by atoms with E-state index in [4.69, 9.17) is 0 Å². The smallest absolute Gasteiger partial charge is 0.0488 e. The predicted octanol–water partition coefficient (Wildman–Crippen LogP) is 3.71. The SMILES string of the molecule is C=CCn1c2c(c3ccccc31)CCCC2. The quantitative estimate of drug-likeness (QED) is 0.667. The van der Waals surface area contributed by atoms with Gasteiger partial charge in [-0.2, -0.15) is 0 Å². The number of hydrogen-bond donors (Lipinski definition) is 0. The van der Waals surface area contributed by atoms with Gasteiger partial charge in [0.2, 0.25) is 0 Å². The normalized spacial score (nSPS) is 15.0. The second-order valence-electron chi connectivity index (χ2n) is 4.55. The third-order valence-corrected chi connectivity index (χ3v) is 3.60. The summed E-state index contributed by atoms with van der Waals surface area (Å²) in [5.41, 5.74) is 4.52. The van der Waals surface area contributed by atoms with Crippen LogP contribution in [0.4, 0.5) is 0 Å². The minimum atomic E-state index is 0.940. The summed E-state index contributed by atoms with van der Waals surface area (Å²) >= 11 is 0. The molecule has 1 aliphatic carbocycles. The Labute approximate surface area is 96.4 Å². The third-order valence-electron chi connectivity index (χ3n) is 3.60. The molecule has 1 nitrogen and oxygen atoms in total. The number of aromatic nitrogens is 1. The monoisotopic (exact) mass is 211 g/mol. The van der Waals surface area contributed by atoms with Gasteiger partial charge in [0.1, 0.15) is 0 Å². The second-order valence-corrected chi connectivity index (χ2v) is 4.55. The van der Waals surface area contributed by atoms with E-state index in [-0.39, 0.29) is 0 Å². The Morgan fingerprint density at radius 3 is 2.88 bits per heavy atom. The molecule has 0 saturated carbocycles. The summed E-state index contributed by atoms with van der Waals surface area (Å²) in [4.78, 5) is 0. The number of aryl methyl sites for hydroxylation is 1. The fourth-order valence-electron chi connectivity index (χ4n) is 2.92. The lowest BCUT2D eigenvalue weighted by molar-refractivity contribution is 0.641. The minimum Gasteiger partial charge on any atom is -0.341 e. The molecule has 0 bridgehead atoms. The van der Waals surface area contributed by atoms with Crippen molar-refractivity contribution in [3.05, 3.63) is 48.2 Å². The van der Waals surface area contributed by atoms with E-state index in [0.29, 0.717) is 0 Å². The van der Waals surface area contributed by atoms with Gasteiger partial charge >= 0.3 is 0 Å². The number of rotatable bonds is 2. The molecule has 16 heavy (non-hydrogen) atoms. The largest absolute Gasteiger partial charge is 0.341 e. The maximum absolute atomic E-state index is 3.87. The first kappa shape index (κ1) is 9.71. The molecule has 0 spiro atoms. The van der Waals surface area contributed by atoms with E-state index in [0.717, 1.165) is 6.54 Å². The lowest BCUT2D eigenvalue weighted by Gasteiger charge is -2.14. The maximum atomic E-state index is 3.87. The molecular formula is C15H17N. The molecule has 1 aromatic heterocycles. The van der Waals surface area contributed by atoms with Crippen LogP contribution in [0.3, 0.4) is 0 Å². The van der Waals surface area contributed by atoms with E-state index in [1.54, 1.807) is 11.3 Å². The lowest BCUT2D eigenvalue weighted by atomic mass is 9.96. The first-order valence-electron chi connectivity index (χ1n) is 6.11. The number of nitrogens with zero attached hydrogens (tertiary/aromatic N) is 1. The highest BCUT2D eigenvalue weighted by Gasteiger charge is 2.18. The highest BCUT2D eigenvalue weighted by molar-refractivity contribution is 5.85.